The molecule has 3 saturated carbocycles. The Morgan fingerprint density at radius 3 is 2.71 bits per heavy atom. The molecule has 0 radical (unpaired) electrons. The molecule has 0 spiro atoms. The fraction of sp³-hybridized carbons (Fsp3) is 0.739. The summed E-state index contributed by atoms with van der Waals surface area (Å²) in [5.74, 6) is 2.81. The Balaban J connectivity index is 1.55. The van der Waals surface area contributed by atoms with E-state index in [0.29, 0.717) is 30.0 Å². The first-order chi connectivity index (χ1) is 13.4. The lowest BCUT2D eigenvalue weighted by molar-refractivity contribution is -0.129. The SMILES string of the molecule is CC(=O)[C@H]1CC[C@H]2[C@@H]3CCC4=CC(=O)CC(c5cn[nH]n5)[C@]4(C)[C@H]3CC[C@]12C. The van der Waals surface area contributed by atoms with Gasteiger partial charge in [-0.1, -0.05) is 19.4 Å². The number of H-pyrrole nitrogens is 1. The number of ketones is 2. The summed E-state index contributed by atoms with van der Waals surface area (Å²) in [4.78, 5) is 24.8. The fourth-order valence-corrected chi connectivity index (χ4v) is 8.10. The third-order valence-electron chi connectivity index (χ3n) is 9.39. The number of hydrogen-bond donors (Lipinski definition) is 1. The Bertz CT molecular complexity index is 844. The summed E-state index contributed by atoms with van der Waals surface area (Å²) in [6.45, 7) is 6.57. The van der Waals surface area contributed by atoms with E-state index in [1.165, 1.54) is 12.0 Å². The number of fused-ring (bicyclic) bond motifs is 5. The molecule has 5 rings (SSSR count). The normalized spacial score (nSPS) is 45.0. The van der Waals surface area contributed by atoms with Gasteiger partial charge in [-0.05, 0) is 74.7 Å². The van der Waals surface area contributed by atoms with E-state index in [9.17, 15) is 9.59 Å². The zero-order valence-corrected chi connectivity index (χ0v) is 17.2. The number of hydrogen-bond acceptors (Lipinski definition) is 4. The van der Waals surface area contributed by atoms with Crippen LogP contribution >= 0.6 is 0 Å². The molecule has 1 aromatic heterocycles. The first-order valence-corrected chi connectivity index (χ1v) is 11.0. The maximum absolute atomic E-state index is 12.5. The molecule has 3 fully saturated rings. The van der Waals surface area contributed by atoms with Crippen LogP contribution in [0.15, 0.2) is 17.8 Å². The van der Waals surface area contributed by atoms with Gasteiger partial charge in [0.2, 0.25) is 0 Å². The molecule has 4 aliphatic rings. The number of allylic oxidation sites excluding steroid dienone is 1. The second kappa shape index (κ2) is 6.11. The third-order valence-corrected chi connectivity index (χ3v) is 9.39. The van der Waals surface area contributed by atoms with Gasteiger partial charge in [0.05, 0.1) is 11.9 Å². The lowest BCUT2D eigenvalue weighted by Gasteiger charge is -2.59. The number of nitrogens with zero attached hydrogens (tertiary/aromatic N) is 2. The van der Waals surface area contributed by atoms with E-state index < -0.39 is 0 Å². The molecule has 0 aliphatic heterocycles. The molecule has 4 aliphatic carbocycles. The topological polar surface area (TPSA) is 75.7 Å². The molecule has 1 unspecified atom stereocenters. The Kier molecular flexibility index (Phi) is 3.98. The highest BCUT2D eigenvalue weighted by molar-refractivity contribution is 5.92. The maximum atomic E-state index is 12.5. The van der Waals surface area contributed by atoms with Gasteiger partial charge in [-0.25, -0.2) is 0 Å². The van der Waals surface area contributed by atoms with E-state index >= 15 is 0 Å². The number of carbonyl (C=O) groups is 2. The van der Waals surface area contributed by atoms with Crippen LogP contribution < -0.4 is 0 Å². The fourth-order valence-electron chi connectivity index (χ4n) is 8.10. The van der Waals surface area contributed by atoms with E-state index in [4.69, 9.17) is 0 Å². The number of Topliss-reactive ketones (excluding diaryl/α,β-unsaturated/α-hetero) is 1. The van der Waals surface area contributed by atoms with Gasteiger partial charge in [0.15, 0.2) is 5.78 Å². The molecule has 5 nitrogen and oxygen atoms in total. The van der Waals surface area contributed by atoms with Crippen LogP contribution in [-0.2, 0) is 9.59 Å². The van der Waals surface area contributed by atoms with Gasteiger partial charge in [-0.3, -0.25) is 9.59 Å². The van der Waals surface area contributed by atoms with Crippen LogP contribution in [0.5, 0.6) is 0 Å². The van der Waals surface area contributed by atoms with Crippen LogP contribution in [-0.4, -0.2) is 27.0 Å². The highest BCUT2D eigenvalue weighted by atomic mass is 16.1. The third kappa shape index (κ3) is 2.31. The van der Waals surface area contributed by atoms with Crippen molar-refractivity contribution in [3.8, 4) is 0 Å². The molecule has 28 heavy (non-hydrogen) atoms. The van der Waals surface area contributed by atoms with Crippen LogP contribution in [0, 0.1) is 34.5 Å². The van der Waals surface area contributed by atoms with Crippen molar-refractivity contribution in [3.63, 3.8) is 0 Å². The number of aromatic nitrogens is 3. The van der Waals surface area contributed by atoms with E-state index in [0.717, 1.165) is 37.8 Å². The highest BCUT2D eigenvalue weighted by Gasteiger charge is 2.61. The molecule has 1 N–H and O–H groups in total. The Hall–Kier alpha value is -1.78. The predicted octanol–water partition coefficient (Wildman–Crippen LogP) is 4.24. The lowest BCUT2D eigenvalue weighted by Crippen LogP contribution is -2.53. The van der Waals surface area contributed by atoms with Crippen LogP contribution in [0.4, 0.5) is 0 Å². The standard InChI is InChI=1S/C23H31N3O2/c1-13(27)17-6-7-18-16-5-4-14-10-15(28)11-20(21-12-24-26-25-21)23(14,3)19(16)8-9-22(17,18)2/h10,12,16-20H,4-9,11H2,1-3H3,(H,24,25,26)/t16-,17+,18-,19-,20?,22+,23-/m0/s1. The smallest absolute Gasteiger partial charge is 0.156 e. The maximum Gasteiger partial charge on any atom is 0.156 e. The summed E-state index contributed by atoms with van der Waals surface area (Å²) in [6, 6.07) is 0. The molecule has 1 aromatic rings. The Labute approximate surface area is 166 Å². The summed E-state index contributed by atoms with van der Waals surface area (Å²) in [6.07, 6.45) is 11.0. The van der Waals surface area contributed by atoms with Gasteiger partial charge in [-0.15, -0.1) is 0 Å². The summed E-state index contributed by atoms with van der Waals surface area (Å²) in [5, 5.41) is 11.2. The minimum atomic E-state index is -0.0245. The van der Waals surface area contributed by atoms with Crippen LogP contribution in [0.2, 0.25) is 0 Å². The summed E-state index contributed by atoms with van der Waals surface area (Å²) >= 11 is 0. The number of nitrogens with one attached hydrogen (secondary N) is 1. The Morgan fingerprint density at radius 1 is 1.18 bits per heavy atom. The molecular formula is C23H31N3O2. The van der Waals surface area contributed by atoms with E-state index in [2.05, 4.69) is 29.3 Å². The second-order valence-electron chi connectivity index (χ2n) is 10.3. The van der Waals surface area contributed by atoms with E-state index in [1.54, 1.807) is 6.92 Å². The molecule has 150 valence electrons. The van der Waals surface area contributed by atoms with Crippen LogP contribution in [0.1, 0.15) is 77.3 Å². The second-order valence-corrected chi connectivity index (χ2v) is 10.3. The molecule has 0 bridgehead atoms. The predicted molar refractivity (Wildman–Crippen MR) is 105 cm³/mol. The van der Waals surface area contributed by atoms with Crippen molar-refractivity contribution in [3.05, 3.63) is 23.5 Å². The first kappa shape index (κ1) is 18.3. The van der Waals surface area contributed by atoms with Gasteiger partial charge in [0, 0.05) is 23.7 Å². The summed E-state index contributed by atoms with van der Waals surface area (Å²) in [7, 11) is 0. The van der Waals surface area contributed by atoms with Crippen molar-refractivity contribution in [2.75, 3.05) is 0 Å². The van der Waals surface area contributed by atoms with E-state index in [-0.39, 0.29) is 28.4 Å². The van der Waals surface area contributed by atoms with Crippen molar-refractivity contribution < 1.29 is 9.59 Å². The summed E-state index contributed by atoms with van der Waals surface area (Å²) in [5.41, 5.74) is 2.41. The van der Waals surface area contributed by atoms with Crippen molar-refractivity contribution in [1.29, 1.82) is 0 Å². The minimum Gasteiger partial charge on any atom is -0.300 e. The molecule has 0 saturated heterocycles. The van der Waals surface area contributed by atoms with Gasteiger partial charge >= 0.3 is 0 Å². The highest BCUT2D eigenvalue weighted by Crippen LogP contribution is 2.68. The molecule has 0 aromatic carbocycles. The molecule has 0 amide bonds. The van der Waals surface area contributed by atoms with Crippen molar-refractivity contribution in [2.24, 2.45) is 34.5 Å². The van der Waals surface area contributed by atoms with Crippen LogP contribution in [0.25, 0.3) is 0 Å². The van der Waals surface area contributed by atoms with Gasteiger partial charge in [-0.2, -0.15) is 15.4 Å². The zero-order chi connectivity index (χ0) is 19.7. The largest absolute Gasteiger partial charge is 0.300 e. The monoisotopic (exact) mass is 381 g/mol. The van der Waals surface area contributed by atoms with Crippen LogP contribution in [0.3, 0.4) is 0 Å². The number of rotatable bonds is 2. The average Bonchev–Trinajstić information content (AvgIpc) is 3.28. The van der Waals surface area contributed by atoms with Crippen molar-refractivity contribution in [1.82, 2.24) is 15.4 Å². The average molecular weight is 382 g/mol. The molecule has 5 heteroatoms. The van der Waals surface area contributed by atoms with E-state index in [1.807, 2.05) is 12.3 Å². The molecule has 1 heterocycles. The van der Waals surface area contributed by atoms with Gasteiger partial charge in [0.1, 0.15) is 5.78 Å². The Morgan fingerprint density at radius 2 is 2.00 bits per heavy atom. The van der Waals surface area contributed by atoms with Gasteiger partial charge < -0.3 is 0 Å². The quantitative estimate of drug-likeness (QED) is 0.831. The van der Waals surface area contributed by atoms with Crippen molar-refractivity contribution in [2.45, 2.75) is 71.6 Å². The molecule has 7 atom stereocenters. The lowest BCUT2D eigenvalue weighted by atomic mass is 9.44. The summed E-state index contributed by atoms with van der Waals surface area (Å²) < 4.78 is 0. The minimum absolute atomic E-state index is 0.0245. The van der Waals surface area contributed by atoms with Gasteiger partial charge in [0.25, 0.3) is 0 Å². The number of aromatic amines is 1. The first-order valence-electron chi connectivity index (χ1n) is 11.0. The van der Waals surface area contributed by atoms with Crippen molar-refractivity contribution >= 4 is 11.6 Å². The zero-order valence-electron chi connectivity index (χ0n) is 17.2. The number of carbonyl (C=O) groups excluding carboxylic acids is 2. The molecular weight excluding hydrogens is 350 g/mol.